The Kier molecular flexibility index (Phi) is 5.99. The fourth-order valence-corrected chi connectivity index (χ4v) is 2.36. The van der Waals surface area contributed by atoms with Gasteiger partial charge in [-0.05, 0) is 41.8 Å². The smallest absolute Gasteiger partial charge is 0.0443 e. The molecule has 0 saturated heterocycles. The van der Waals surface area contributed by atoms with E-state index in [4.69, 9.17) is 16.7 Å². The highest BCUT2D eigenvalue weighted by atomic mass is 35.5. The summed E-state index contributed by atoms with van der Waals surface area (Å²) >= 11 is 6.03. The maximum Gasteiger partial charge on any atom is 0.0443 e. The summed E-state index contributed by atoms with van der Waals surface area (Å²) in [5.41, 5.74) is 2.41. The number of nitrogens with zero attached hydrogens (tertiary/aromatic N) is 2. The van der Waals surface area contributed by atoms with Crippen molar-refractivity contribution in [2.24, 2.45) is 0 Å². The molecule has 0 aliphatic heterocycles. The average Bonchev–Trinajstić information content (AvgIpc) is 2.46. The van der Waals surface area contributed by atoms with Crippen molar-refractivity contribution >= 4 is 11.6 Å². The van der Waals surface area contributed by atoms with Gasteiger partial charge in [0.25, 0.3) is 0 Å². The van der Waals surface area contributed by atoms with Crippen molar-refractivity contribution < 1.29 is 5.11 Å². The maximum absolute atomic E-state index is 9.03. The molecule has 0 spiro atoms. The summed E-state index contributed by atoms with van der Waals surface area (Å²) in [6.45, 7) is 2.73. The van der Waals surface area contributed by atoms with Crippen LogP contribution in [-0.2, 0) is 13.1 Å². The van der Waals surface area contributed by atoms with Crippen LogP contribution >= 0.6 is 11.6 Å². The second-order valence-electron chi connectivity index (χ2n) is 4.77. The van der Waals surface area contributed by atoms with Gasteiger partial charge in [-0.15, -0.1) is 0 Å². The van der Waals surface area contributed by atoms with Crippen molar-refractivity contribution in [2.75, 3.05) is 13.2 Å². The molecule has 106 valence electrons. The number of halogens is 1. The van der Waals surface area contributed by atoms with E-state index in [0.29, 0.717) is 0 Å². The summed E-state index contributed by atoms with van der Waals surface area (Å²) in [5.74, 6) is 0. The predicted octanol–water partition coefficient (Wildman–Crippen LogP) is 3.12. The van der Waals surface area contributed by atoms with Crippen LogP contribution < -0.4 is 0 Å². The summed E-state index contributed by atoms with van der Waals surface area (Å²) in [5, 5.41) is 9.79. The van der Waals surface area contributed by atoms with E-state index in [0.717, 1.165) is 31.1 Å². The van der Waals surface area contributed by atoms with Crippen molar-refractivity contribution in [1.29, 1.82) is 0 Å². The lowest BCUT2D eigenvalue weighted by molar-refractivity contribution is 0.212. The third kappa shape index (κ3) is 4.93. The van der Waals surface area contributed by atoms with Crippen LogP contribution in [-0.4, -0.2) is 28.1 Å². The van der Waals surface area contributed by atoms with E-state index in [2.05, 4.69) is 16.0 Å². The van der Waals surface area contributed by atoms with Gasteiger partial charge in [-0.1, -0.05) is 23.7 Å². The number of aliphatic hydroxyl groups excluding tert-OH is 1. The van der Waals surface area contributed by atoms with E-state index in [1.54, 1.807) is 12.4 Å². The molecule has 1 aromatic carbocycles. The number of hydrogen-bond acceptors (Lipinski definition) is 3. The fraction of sp³-hybridized carbons (Fsp3) is 0.312. The minimum absolute atomic E-state index is 0.211. The summed E-state index contributed by atoms with van der Waals surface area (Å²) in [6, 6.07) is 11.9. The Balaban J connectivity index is 2.03. The standard InChI is InChI=1S/C16H19ClN2O/c17-16-4-1-3-15(11-16)13-19(9-2-10-20)12-14-5-7-18-8-6-14/h1,3-8,11,20H,2,9-10,12-13H2. The molecule has 0 aliphatic rings. The van der Waals surface area contributed by atoms with Gasteiger partial charge >= 0.3 is 0 Å². The molecule has 20 heavy (non-hydrogen) atoms. The second kappa shape index (κ2) is 8.00. The Bertz CT molecular complexity index is 519. The quantitative estimate of drug-likeness (QED) is 0.851. The van der Waals surface area contributed by atoms with Crippen molar-refractivity contribution in [2.45, 2.75) is 19.5 Å². The van der Waals surface area contributed by atoms with Crippen LogP contribution in [0.5, 0.6) is 0 Å². The van der Waals surface area contributed by atoms with Gasteiger partial charge in [0.1, 0.15) is 0 Å². The van der Waals surface area contributed by atoms with E-state index >= 15 is 0 Å². The topological polar surface area (TPSA) is 36.4 Å². The second-order valence-corrected chi connectivity index (χ2v) is 5.21. The van der Waals surface area contributed by atoms with E-state index in [9.17, 15) is 0 Å². The van der Waals surface area contributed by atoms with Crippen LogP contribution in [0.3, 0.4) is 0 Å². The van der Waals surface area contributed by atoms with E-state index in [-0.39, 0.29) is 6.61 Å². The molecule has 2 rings (SSSR count). The van der Waals surface area contributed by atoms with Gasteiger partial charge in [0.2, 0.25) is 0 Å². The number of hydrogen-bond donors (Lipinski definition) is 1. The highest BCUT2D eigenvalue weighted by Crippen LogP contribution is 2.14. The van der Waals surface area contributed by atoms with Crippen LogP contribution in [0.1, 0.15) is 17.5 Å². The number of aliphatic hydroxyl groups is 1. The monoisotopic (exact) mass is 290 g/mol. The molecule has 0 bridgehead atoms. The minimum atomic E-state index is 0.211. The zero-order chi connectivity index (χ0) is 14.2. The summed E-state index contributed by atoms with van der Waals surface area (Å²) in [7, 11) is 0. The Labute approximate surface area is 124 Å². The molecule has 0 atom stereocenters. The normalized spacial score (nSPS) is 10.9. The van der Waals surface area contributed by atoms with Crippen molar-refractivity contribution in [3.63, 3.8) is 0 Å². The molecule has 1 N–H and O–H groups in total. The van der Waals surface area contributed by atoms with E-state index in [1.165, 1.54) is 11.1 Å². The summed E-state index contributed by atoms with van der Waals surface area (Å²) in [4.78, 5) is 6.34. The first-order chi connectivity index (χ1) is 9.78. The summed E-state index contributed by atoms with van der Waals surface area (Å²) < 4.78 is 0. The third-order valence-electron chi connectivity index (χ3n) is 3.08. The van der Waals surface area contributed by atoms with Crippen LogP contribution in [0, 0.1) is 0 Å². The first-order valence-corrected chi connectivity index (χ1v) is 7.12. The SMILES string of the molecule is OCCCN(Cc1ccncc1)Cc1cccc(Cl)c1. The average molecular weight is 291 g/mol. The van der Waals surface area contributed by atoms with Gasteiger partial charge in [0.15, 0.2) is 0 Å². The van der Waals surface area contributed by atoms with Crippen LogP contribution in [0.2, 0.25) is 5.02 Å². The number of pyridine rings is 1. The van der Waals surface area contributed by atoms with Crippen molar-refractivity contribution in [1.82, 2.24) is 9.88 Å². The van der Waals surface area contributed by atoms with Gasteiger partial charge in [-0.25, -0.2) is 0 Å². The number of aromatic nitrogens is 1. The van der Waals surface area contributed by atoms with Gasteiger partial charge in [-0.2, -0.15) is 0 Å². The Hall–Kier alpha value is -1.42. The van der Waals surface area contributed by atoms with Crippen molar-refractivity contribution in [3.8, 4) is 0 Å². The molecule has 0 unspecified atom stereocenters. The minimum Gasteiger partial charge on any atom is -0.396 e. The van der Waals surface area contributed by atoms with E-state index < -0.39 is 0 Å². The van der Waals surface area contributed by atoms with Gasteiger partial charge in [0, 0.05) is 43.7 Å². The molecule has 0 saturated carbocycles. The van der Waals surface area contributed by atoms with E-state index in [1.807, 2.05) is 30.3 Å². The molecule has 0 aliphatic carbocycles. The summed E-state index contributed by atoms with van der Waals surface area (Å²) in [6.07, 6.45) is 4.38. The van der Waals surface area contributed by atoms with Crippen LogP contribution in [0.15, 0.2) is 48.8 Å². The predicted molar refractivity (Wildman–Crippen MR) is 81.5 cm³/mol. The largest absolute Gasteiger partial charge is 0.396 e. The molecule has 0 radical (unpaired) electrons. The van der Waals surface area contributed by atoms with Crippen molar-refractivity contribution in [3.05, 3.63) is 64.9 Å². The Morgan fingerprint density at radius 2 is 1.80 bits per heavy atom. The molecule has 2 aromatic rings. The molecule has 0 fully saturated rings. The first-order valence-electron chi connectivity index (χ1n) is 6.74. The van der Waals surface area contributed by atoms with Gasteiger partial charge < -0.3 is 5.11 Å². The molecule has 1 aromatic heterocycles. The van der Waals surface area contributed by atoms with Crippen LogP contribution in [0.4, 0.5) is 0 Å². The third-order valence-corrected chi connectivity index (χ3v) is 3.32. The lowest BCUT2D eigenvalue weighted by atomic mass is 10.2. The highest BCUT2D eigenvalue weighted by Gasteiger charge is 2.07. The molecule has 3 nitrogen and oxygen atoms in total. The highest BCUT2D eigenvalue weighted by molar-refractivity contribution is 6.30. The molecular formula is C16H19ClN2O. The zero-order valence-corrected chi connectivity index (χ0v) is 12.1. The molecule has 1 heterocycles. The number of rotatable bonds is 7. The lowest BCUT2D eigenvalue weighted by Gasteiger charge is -2.22. The molecule has 4 heteroatoms. The van der Waals surface area contributed by atoms with Gasteiger partial charge in [-0.3, -0.25) is 9.88 Å². The fourth-order valence-electron chi connectivity index (χ4n) is 2.15. The first kappa shape index (κ1) is 15.0. The zero-order valence-electron chi connectivity index (χ0n) is 11.4. The Morgan fingerprint density at radius 3 is 2.50 bits per heavy atom. The Morgan fingerprint density at radius 1 is 1.05 bits per heavy atom. The van der Waals surface area contributed by atoms with Crippen LogP contribution in [0.25, 0.3) is 0 Å². The number of benzene rings is 1. The molecular weight excluding hydrogens is 272 g/mol. The lowest BCUT2D eigenvalue weighted by Crippen LogP contribution is -2.24. The molecule has 0 amide bonds. The van der Waals surface area contributed by atoms with Gasteiger partial charge in [0.05, 0.1) is 0 Å². The maximum atomic E-state index is 9.03.